The molecule has 0 radical (unpaired) electrons. The van der Waals surface area contributed by atoms with E-state index in [1.165, 1.54) is 11.8 Å². The first-order chi connectivity index (χ1) is 16.3. The minimum atomic E-state index is -4.73. The molecular formula is C22H18ClF5N4O3. The fourth-order valence-electron chi connectivity index (χ4n) is 4.60. The maximum Gasteiger partial charge on any atom is 0.416 e. The normalized spacial score (nSPS) is 20.5. The van der Waals surface area contributed by atoms with Gasteiger partial charge in [-0.3, -0.25) is 14.5 Å². The fourth-order valence-corrected chi connectivity index (χ4v) is 4.91. The molecule has 1 fully saturated rings. The number of nitrogens with zero attached hydrogens (tertiary/aromatic N) is 4. The topological polar surface area (TPSA) is 73.8 Å². The lowest BCUT2D eigenvalue weighted by Gasteiger charge is -2.38. The Morgan fingerprint density at radius 1 is 1.17 bits per heavy atom. The molecule has 2 aliphatic heterocycles. The highest BCUT2D eigenvalue weighted by Crippen LogP contribution is 2.44. The van der Waals surface area contributed by atoms with Crippen molar-refractivity contribution in [2.45, 2.75) is 25.6 Å². The van der Waals surface area contributed by atoms with Crippen LogP contribution >= 0.6 is 11.6 Å². The first kappa shape index (κ1) is 24.8. The molecule has 7 nitrogen and oxygen atoms in total. The number of fused-ring (bicyclic) bond motifs is 2. The molecule has 2 atom stereocenters. The molecule has 1 aromatic heterocycles. The Bertz CT molecular complexity index is 1240. The number of benzene rings is 1. The molecule has 0 bridgehead atoms. The molecule has 2 aliphatic rings. The van der Waals surface area contributed by atoms with E-state index in [0.717, 1.165) is 22.9 Å². The number of aldehydes is 1. The van der Waals surface area contributed by atoms with Crippen LogP contribution in [0.2, 0.25) is 5.02 Å². The van der Waals surface area contributed by atoms with Gasteiger partial charge in [-0.15, -0.1) is 0 Å². The van der Waals surface area contributed by atoms with Gasteiger partial charge in [0.15, 0.2) is 11.6 Å². The number of anilines is 3. The fraction of sp³-hybridized carbons (Fsp3) is 0.364. The molecule has 0 aliphatic carbocycles. The number of rotatable bonds is 3. The quantitative estimate of drug-likeness (QED) is 0.353. The molecule has 4 rings (SSSR count). The zero-order chi connectivity index (χ0) is 25.8. The van der Waals surface area contributed by atoms with E-state index in [1.807, 2.05) is 0 Å². The lowest BCUT2D eigenvalue weighted by atomic mass is 9.95. The van der Waals surface area contributed by atoms with Crippen LogP contribution in [0.1, 0.15) is 17.7 Å². The van der Waals surface area contributed by atoms with Gasteiger partial charge in [-0.25, -0.2) is 13.8 Å². The van der Waals surface area contributed by atoms with Gasteiger partial charge in [-0.05, 0) is 25.1 Å². The molecule has 13 heteroatoms. The van der Waals surface area contributed by atoms with Gasteiger partial charge in [0.05, 0.1) is 22.8 Å². The van der Waals surface area contributed by atoms with Crippen molar-refractivity contribution in [2.75, 3.05) is 34.8 Å². The number of hydrogen-bond acceptors (Lipinski definition) is 5. The second-order valence-electron chi connectivity index (χ2n) is 8.35. The zero-order valence-corrected chi connectivity index (χ0v) is 19.1. The van der Waals surface area contributed by atoms with Crippen molar-refractivity contribution in [3.05, 3.63) is 46.1 Å². The van der Waals surface area contributed by atoms with Crippen molar-refractivity contribution >= 4 is 46.9 Å². The van der Waals surface area contributed by atoms with Crippen LogP contribution in [0.3, 0.4) is 0 Å². The van der Waals surface area contributed by atoms with Crippen LogP contribution in [0.4, 0.5) is 39.1 Å². The monoisotopic (exact) mass is 516 g/mol. The highest BCUT2D eigenvalue weighted by atomic mass is 35.5. The predicted molar refractivity (Wildman–Crippen MR) is 116 cm³/mol. The van der Waals surface area contributed by atoms with Crippen molar-refractivity contribution in [1.82, 2.24) is 4.98 Å². The Balaban J connectivity index is 1.89. The van der Waals surface area contributed by atoms with E-state index < -0.39 is 58.7 Å². The summed E-state index contributed by atoms with van der Waals surface area (Å²) in [7, 11) is 1.13. The van der Waals surface area contributed by atoms with Crippen LogP contribution in [-0.2, 0) is 20.6 Å². The number of likely N-dealkylation sites (N-methyl/N-ethyl adjacent to an activating group) is 1. The first-order valence-corrected chi connectivity index (χ1v) is 10.7. The van der Waals surface area contributed by atoms with Gasteiger partial charge in [0.2, 0.25) is 11.8 Å². The summed E-state index contributed by atoms with van der Waals surface area (Å²) in [4.78, 5) is 44.9. The third-order valence-electron chi connectivity index (χ3n) is 6.05. The summed E-state index contributed by atoms with van der Waals surface area (Å²) in [5.41, 5.74) is -1.75. The van der Waals surface area contributed by atoms with Crippen LogP contribution in [0.15, 0.2) is 18.2 Å². The summed E-state index contributed by atoms with van der Waals surface area (Å²) in [5, 5.41) is -0.254. The smallest absolute Gasteiger partial charge is 0.361 e. The van der Waals surface area contributed by atoms with Gasteiger partial charge in [0, 0.05) is 31.6 Å². The summed E-state index contributed by atoms with van der Waals surface area (Å²) in [6.07, 6.45) is -4.50. The van der Waals surface area contributed by atoms with E-state index in [4.69, 9.17) is 11.6 Å². The number of aryl methyl sites for hydroxylation is 1. The molecular weight excluding hydrogens is 499 g/mol. The van der Waals surface area contributed by atoms with Gasteiger partial charge in [0.1, 0.15) is 23.8 Å². The number of alkyl halides is 3. The molecule has 0 saturated carbocycles. The second-order valence-corrected chi connectivity index (χ2v) is 8.75. The molecule has 0 N–H and O–H groups in total. The van der Waals surface area contributed by atoms with Gasteiger partial charge < -0.3 is 14.6 Å². The zero-order valence-electron chi connectivity index (χ0n) is 18.4. The standard InChI is InChI=1S/C22H18ClF5N4O3/c1-10-5-12(22(26,27)28)7-15(29-10)32-16(34)6-11-9-31(3-4-33)19-13(23)8-14(24)17(25)20(19)30(2)21(35)18(11)32/h4-5,7-8,11,18H,3,6,9H2,1-2H3/t11-,18+/m1/s1. The van der Waals surface area contributed by atoms with Crippen molar-refractivity contribution in [3.8, 4) is 0 Å². The average molecular weight is 517 g/mol. The third-order valence-corrected chi connectivity index (χ3v) is 6.34. The first-order valence-electron chi connectivity index (χ1n) is 10.4. The molecule has 2 amide bonds. The highest BCUT2D eigenvalue weighted by Gasteiger charge is 2.50. The van der Waals surface area contributed by atoms with Gasteiger partial charge >= 0.3 is 6.18 Å². The Morgan fingerprint density at radius 2 is 1.86 bits per heavy atom. The van der Waals surface area contributed by atoms with Gasteiger partial charge in [-0.2, -0.15) is 13.2 Å². The Kier molecular flexibility index (Phi) is 6.20. The summed E-state index contributed by atoms with van der Waals surface area (Å²) in [6, 6.07) is 0.794. The Morgan fingerprint density at radius 3 is 2.49 bits per heavy atom. The van der Waals surface area contributed by atoms with E-state index >= 15 is 0 Å². The molecule has 1 saturated heterocycles. The van der Waals surface area contributed by atoms with E-state index in [0.29, 0.717) is 18.4 Å². The number of carbonyl (C=O) groups is 3. The van der Waals surface area contributed by atoms with Crippen LogP contribution in [0, 0.1) is 24.5 Å². The SMILES string of the molecule is Cc1cc(C(F)(F)F)cc(N2C(=O)C[C@@H]3CN(CC=O)c4c(Cl)cc(F)c(F)c4N(C)C(=O)[C@H]32)n1. The maximum atomic E-state index is 14.9. The van der Waals surface area contributed by atoms with Crippen molar-refractivity contribution in [1.29, 1.82) is 0 Å². The summed E-state index contributed by atoms with van der Waals surface area (Å²) in [5.74, 6) is -5.50. The lowest BCUT2D eigenvalue weighted by Crippen LogP contribution is -2.53. The largest absolute Gasteiger partial charge is 0.416 e. The average Bonchev–Trinajstić information content (AvgIpc) is 3.08. The maximum absolute atomic E-state index is 14.9. The molecule has 3 heterocycles. The second kappa shape index (κ2) is 8.74. The minimum absolute atomic E-state index is 0.0365. The molecule has 0 spiro atoms. The van der Waals surface area contributed by atoms with Crippen LogP contribution < -0.4 is 14.7 Å². The summed E-state index contributed by atoms with van der Waals surface area (Å²) < 4.78 is 69.4. The number of hydrogen-bond donors (Lipinski definition) is 0. The van der Waals surface area contributed by atoms with Gasteiger partial charge in [-0.1, -0.05) is 11.6 Å². The molecule has 0 unspecified atom stereocenters. The predicted octanol–water partition coefficient (Wildman–Crippen LogP) is 3.74. The molecule has 186 valence electrons. The number of halogens is 6. The van der Waals surface area contributed by atoms with E-state index in [2.05, 4.69) is 4.98 Å². The van der Waals surface area contributed by atoms with Crippen molar-refractivity contribution in [3.63, 3.8) is 0 Å². The van der Waals surface area contributed by atoms with Gasteiger partial charge in [0.25, 0.3) is 0 Å². The van der Waals surface area contributed by atoms with E-state index in [-0.39, 0.29) is 35.9 Å². The number of amides is 2. The van der Waals surface area contributed by atoms with Crippen molar-refractivity contribution < 1.29 is 36.3 Å². The van der Waals surface area contributed by atoms with E-state index in [9.17, 15) is 36.3 Å². The van der Waals surface area contributed by atoms with E-state index in [1.54, 1.807) is 0 Å². The number of carbonyl (C=O) groups excluding carboxylic acids is 3. The lowest BCUT2D eigenvalue weighted by molar-refractivity contribution is -0.137. The molecule has 1 aromatic carbocycles. The minimum Gasteiger partial charge on any atom is -0.361 e. The summed E-state index contributed by atoms with van der Waals surface area (Å²) in [6.45, 7) is 0.837. The third kappa shape index (κ3) is 4.19. The van der Waals surface area contributed by atoms with Crippen LogP contribution in [0.25, 0.3) is 0 Å². The van der Waals surface area contributed by atoms with Crippen molar-refractivity contribution in [2.24, 2.45) is 5.92 Å². The number of aromatic nitrogens is 1. The molecule has 2 aromatic rings. The summed E-state index contributed by atoms with van der Waals surface area (Å²) >= 11 is 6.17. The van der Waals surface area contributed by atoms with Crippen LogP contribution in [0.5, 0.6) is 0 Å². The highest BCUT2D eigenvalue weighted by molar-refractivity contribution is 6.34. The molecule has 35 heavy (non-hydrogen) atoms. The number of pyridine rings is 1. The Labute approximate surface area is 201 Å². The Hall–Kier alpha value is -3.28. The van der Waals surface area contributed by atoms with Crippen LogP contribution in [-0.4, -0.2) is 49.3 Å².